The molecule has 0 unspecified atom stereocenters. The van der Waals surface area contributed by atoms with E-state index < -0.39 is 0 Å². The Labute approximate surface area is 88.3 Å². The third kappa shape index (κ3) is 3.21. The minimum atomic E-state index is 0.892. The SMILES string of the molecule is c1c[nH]c(CNCCCc2ncn[nH]2)c1. The number of rotatable bonds is 6. The Kier molecular flexibility index (Phi) is 3.51. The van der Waals surface area contributed by atoms with Crippen molar-refractivity contribution < 1.29 is 0 Å². The van der Waals surface area contributed by atoms with E-state index in [1.807, 2.05) is 12.3 Å². The highest BCUT2D eigenvalue weighted by Crippen LogP contribution is 1.94. The largest absolute Gasteiger partial charge is 0.364 e. The van der Waals surface area contributed by atoms with Crippen LogP contribution in [0.5, 0.6) is 0 Å². The van der Waals surface area contributed by atoms with Crippen LogP contribution in [0, 0.1) is 0 Å². The van der Waals surface area contributed by atoms with Crippen LogP contribution in [0.25, 0.3) is 0 Å². The summed E-state index contributed by atoms with van der Waals surface area (Å²) in [6, 6.07) is 4.08. The molecule has 0 amide bonds. The van der Waals surface area contributed by atoms with E-state index in [9.17, 15) is 0 Å². The van der Waals surface area contributed by atoms with Crippen molar-refractivity contribution in [2.45, 2.75) is 19.4 Å². The molecule has 5 heteroatoms. The van der Waals surface area contributed by atoms with Crippen molar-refractivity contribution in [3.05, 3.63) is 36.2 Å². The maximum Gasteiger partial charge on any atom is 0.137 e. The first-order valence-corrected chi connectivity index (χ1v) is 5.12. The molecule has 2 aromatic rings. The molecule has 0 saturated heterocycles. The fourth-order valence-electron chi connectivity index (χ4n) is 1.43. The summed E-state index contributed by atoms with van der Waals surface area (Å²) in [7, 11) is 0. The van der Waals surface area contributed by atoms with Gasteiger partial charge in [-0.05, 0) is 25.1 Å². The molecule has 2 aromatic heterocycles. The molecule has 0 aliphatic carbocycles. The Balaban J connectivity index is 1.56. The molecule has 0 radical (unpaired) electrons. The van der Waals surface area contributed by atoms with Crippen LogP contribution >= 0.6 is 0 Å². The van der Waals surface area contributed by atoms with Gasteiger partial charge < -0.3 is 10.3 Å². The lowest BCUT2D eigenvalue weighted by atomic mass is 10.3. The van der Waals surface area contributed by atoms with Gasteiger partial charge >= 0.3 is 0 Å². The Hall–Kier alpha value is -1.62. The van der Waals surface area contributed by atoms with Crippen LogP contribution in [0.15, 0.2) is 24.7 Å². The van der Waals surface area contributed by atoms with Crippen molar-refractivity contribution in [2.24, 2.45) is 0 Å². The van der Waals surface area contributed by atoms with Gasteiger partial charge in [-0.3, -0.25) is 5.10 Å². The lowest BCUT2D eigenvalue weighted by Crippen LogP contribution is -2.15. The second-order valence-corrected chi connectivity index (χ2v) is 3.41. The molecule has 80 valence electrons. The summed E-state index contributed by atoms with van der Waals surface area (Å²) >= 11 is 0. The van der Waals surface area contributed by atoms with Crippen LogP contribution in [-0.4, -0.2) is 26.7 Å². The van der Waals surface area contributed by atoms with Gasteiger partial charge in [0.2, 0.25) is 0 Å². The Bertz CT molecular complexity index is 315. The number of aromatic nitrogens is 4. The fourth-order valence-corrected chi connectivity index (χ4v) is 1.43. The van der Waals surface area contributed by atoms with Crippen molar-refractivity contribution in [3.63, 3.8) is 0 Å². The molecule has 0 atom stereocenters. The molecule has 2 rings (SSSR count). The number of hydrogen-bond acceptors (Lipinski definition) is 3. The Morgan fingerprint density at radius 2 is 2.40 bits per heavy atom. The highest BCUT2D eigenvalue weighted by molar-refractivity contribution is 5.02. The minimum absolute atomic E-state index is 0.892. The molecule has 0 fully saturated rings. The van der Waals surface area contributed by atoms with Gasteiger partial charge in [0.15, 0.2) is 0 Å². The molecule has 5 nitrogen and oxygen atoms in total. The van der Waals surface area contributed by atoms with E-state index in [1.165, 1.54) is 5.69 Å². The molecular weight excluding hydrogens is 190 g/mol. The van der Waals surface area contributed by atoms with E-state index in [4.69, 9.17) is 0 Å². The normalized spacial score (nSPS) is 10.7. The molecule has 2 heterocycles. The minimum Gasteiger partial charge on any atom is -0.364 e. The average Bonchev–Trinajstić information content (AvgIpc) is 2.88. The standard InChI is InChI=1S/C10H15N5/c1-3-9(12-6-1)7-11-5-2-4-10-13-8-14-15-10/h1,3,6,8,11-12H,2,4-5,7H2,(H,13,14,15). The lowest BCUT2D eigenvalue weighted by molar-refractivity contribution is 0.633. The van der Waals surface area contributed by atoms with E-state index in [2.05, 4.69) is 31.5 Å². The fraction of sp³-hybridized carbons (Fsp3) is 0.400. The first-order chi connectivity index (χ1) is 7.45. The highest BCUT2D eigenvalue weighted by atomic mass is 15.2. The summed E-state index contributed by atoms with van der Waals surface area (Å²) in [5, 5.41) is 10.0. The van der Waals surface area contributed by atoms with Gasteiger partial charge in [-0.15, -0.1) is 0 Å². The second-order valence-electron chi connectivity index (χ2n) is 3.41. The summed E-state index contributed by atoms with van der Waals surface area (Å²) in [6.07, 6.45) is 5.49. The number of nitrogens with one attached hydrogen (secondary N) is 3. The van der Waals surface area contributed by atoms with E-state index in [0.717, 1.165) is 31.8 Å². The first-order valence-electron chi connectivity index (χ1n) is 5.12. The van der Waals surface area contributed by atoms with Crippen molar-refractivity contribution in [1.29, 1.82) is 0 Å². The number of aryl methyl sites for hydroxylation is 1. The average molecular weight is 205 g/mol. The number of nitrogens with zero attached hydrogens (tertiary/aromatic N) is 2. The van der Waals surface area contributed by atoms with Gasteiger partial charge in [-0.2, -0.15) is 5.10 Å². The zero-order valence-corrected chi connectivity index (χ0v) is 8.53. The van der Waals surface area contributed by atoms with Crippen LogP contribution in [-0.2, 0) is 13.0 Å². The summed E-state index contributed by atoms with van der Waals surface area (Å²) in [4.78, 5) is 7.21. The van der Waals surface area contributed by atoms with E-state index >= 15 is 0 Å². The number of H-pyrrole nitrogens is 2. The first kappa shape index (κ1) is 9.92. The van der Waals surface area contributed by atoms with Crippen LogP contribution < -0.4 is 5.32 Å². The third-order valence-electron chi connectivity index (χ3n) is 2.21. The molecule has 3 N–H and O–H groups in total. The highest BCUT2D eigenvalue weighted by Gasteiger charge is 1.95. The summed E-state index contributed by atoms with van der Waals surface area (Å²) in [6.45, 7) is 1.88. The number of aromatic amines is 2. The molecule has 15 heavy (non-hydrogen) atoms. The smallest absolute Gasteiger partial charge is 0.137 e. The predicted octanol–water partition coefficient (Wildman–Crippen LogP) is 0.855. The second kappa shape index (κ2) is 5.31. The predicted molar refractivity (Wildman–Crippen MR) is 57.2 cm³/mol. The zero-order valence-electron chi connectivity index (χ0n) is 8.53. The lowest BCUT2D eigenvalue weighted by Gasteiger charge is -2.01. The monoisotopic (exact) mass is 205 g/mol. The van der Waals surface area contributed by atoms with Crippen LogP contribution in [0.4, 0.5) is 0 Å². The molecule has 0 bridgehead atoms. The zero-order chi connectivity index (χ0) is 10.3. The molecule has 0 saturated carbocycles. The van der Waals surface area contributed by atoms with E-state index in [-0.39, 0.29) is 0 Å². The molecule has 0 aromatic carbocycles. The summed E-state index contributed by atoms with van der Waals surface area (Å²) in [5.74, 6) is 0.955. The Morgan fingerprint density at radius 1 is 1.40 bits per heavy atom. The van der Waals surface area contributed by atoms with Gasteiger partial charge in [0.25, 0.3) is 0 Å². The summed E-state index contributed by atoms with van der Waals surface area (Å²) in [5.41, 5.74) is 1.22. The molecular formula is C10H15N5. The van der Waals surface area contributed by atoms with Crippen molar-refractivity contribution in [3.8, 4) is 0 Å². The van der Waals surface area contributed by atoms with Crippen molar-refractivity contribution >= 4 is 0 Å². The molecule has 0 aliphatic rings. The van der Waals surface area contributed by atoms with E-state index in [0.29, 0.717) is 0 Å². The van der Waals surface area contributed by atoms with Gasteiger partial charge in [0.1, 0.15) is 12.2 Å². The van der Waals surface area contributed by atoms with Crippen molar-refractivity contribution in [1.82, 2.24) is 25.5 Å². The molecule has 0 aliphatic heterocycles. The quantitative estimate of drug-likeness (QED) is 0.612. The van der Waals surface area contributed by atoms with Gasteiger partial charge in [-0.25, -0.2) is 4.98 Å². The van der Waals surface area contributed by atoms with Gasteiger partial charge in [-0.1, -0.05) is 0 Å². The van der Waals surface area contributed by atoms with Gasteiger partial charge in [0.05, 0.1) is 0 Å². The topological polar surface area (TPSA) is 69.4 Å². The summed E-state index contributed by atoms with van der Waals surface area (Å²) < 4.78 is 0. The maximum atomic E-state index is 4.06. The maximum absolute atomic E-state index is 4.06. The number of hydrogen-bond donors (Lipinski definition) is 3. The van der Waals surface area contributed by atoms with Crippen LogP contribution in [0.3, 0.4) is 0 Å². The Morgan fingerprint density at radius 3 is 3.13 bits per heavy atom. The van der Waals surface area contributed by atoms with Crippen LogP contribution in [0.1, 0.15) is 17.9 Å². The van der Waals surface area contributed by atoms with Gasteiger partial charge in [0, 0.05) is 24.9 Å². The third-order valence-corrected chi connectivity index (χ3v) is 2.21. The van der Waals surface area contributed by atoms with E-state index in [1.54, 1.807) is 6.33 Å². The molecule has 0 spiro atoms. The van der Waals surface area contributed by atoms with Crippen LogP contribution in [0.2, 0.25) is 0 Å². The van der Waals surface area contributed by atoms with Crippen molar-refractivity contribution in [2.75, 3.05) is 6.54 Å².